The highest BCUT2D eigenvalue weighted by atomic mass is 79.9. The van der Waals surface area contributed by atoms with Crippen LogP contribution in [0.25, 0.3) is 0 Å². The highest BCUT2D eigenvalue weighted by Crippen LogP contribution is 2.12. The Labute approximate surface area is 95.5 Å². The predicted octanol–water partition coefficient (Wildman–Crippen LogP) is 0.889. The van der Waals surface area contributed by atoms with Crippen LogP contribution in [-0.2, 0) is 9.31 Å². The monoisotopic (exact) mass is 270 g/mol. The Balaban J connectivity index is 2.34. The van der Waals surface area contributed by atoms with Gasteiger partial charge in [-0.3, -0.25) is 0 Å². The largest absolute Gasteiger partial charge is 0.494 e. The van der Waals surface area contributed by atoms with Crippen molar-refractivity contribution < 1.29 is 19.2 Å². The molecule has 0 bridgehead atoms. The minimum Gasteiger partial charge on any atom is -0.478 e. The zero-order valence-corrected chi connectivity index (χ0v) is 9.36. The Morgan fingerprint density at radius 2 is 2.00 bits per heavy atom. The van der Waals surface area contributed by atoms with Gasteiger partial charge in [0.05, 0.1) is 18.8 Å². The molecule has 1 heterocycles. The van der Waals surface area contributed by atoms with Crippen molar-refractivity contribution in [2.24, 2.45) is 0 Å². The van der Waals surface area contributed by atoms with Gasteiger partial charge >= 0.3 is 13.1 Å². The second-order valence-electron chi connectivity index (χ2n) is 3.15. The molecule has 4 nitrogen and oxygen atoms in total. The molecule has 0 radical (unpaired) electrons. The van der Waals surface area contributed by atoms with Crippen LogP contribution in [0.15, 0.2) is 22.7 Å². The predicted molar refractivity (Wildman–Crippen MR) is 58.4 cm³/mol. The van der Waals surface area contributed by atoms with Gasteiger partial charge in [0.15, 0.2) is 0 Å². The average molecular weight is 271 g/mol. The Kier molecular flexibility index (Phi) is 3.09. The van der Waals surface area contributed by atoms with E-state index in [1.165, 1.54) is 0 Å². The number of aromatic carboxylic acids is 1. The van der Waals surface area contributed by atoms with Crippen molar-refractivity contribution in [1.29, 1.82) is 0 Å². The molecule has 1 aliphatic rings. The molecule has 1 fully saturated rings. The molecule has 0 atom stereocenters. The van der Waals surface area contributed by atoms with E-state index < -0.39 is 13.1 Å². The van der Waals surface area contributed by atoms with Gasteiger partial charge in [0.25, 0.3) is 0 Å². The fourth-order valence-electron chi connectivity index (χ4n) is 1.42. The molecule has 0 aliphatic carbocycles. The lowest BCUT2D eigenvalue weighted by Crippen LogP contribution is -2.32. The second-order valence-corrected chi connectivity index (χ2v) is 4.07. The summed E-state index contributed by atoms with van der Waals surface area (Å²) in [4.78, 5) is 10.8. The lowest BCUT2D eigenvalue weighted by Gasteiger charge is -2.06. The summed E-state index contributed by atoms with van der Waals surface area (Å²) in [5.74, 6) is -0.962. The Morgan fingerprint density at radius 3 is 2.60 bits per heavy atom. The Hall–Kier alpha value is -0.845. The van der Waals surface area contributed by atoms with Crippen molar-refractivity contribution >= 4 is 34.5 Å². The molecule has 0 unspecified atom stereocenters. The quantitative estimate of drug-likeness (QED) is 0.811. The molecule has 1 aromatic rings. The van der Waals surface area contributed by atoms with Crippen molar-refractivity contribution in [2.75, 3.05) is 13.2 Å². The van der Waals surface area contributed by atoms with Crippen LogP contribution >= 0.6 is 15.9 Å². The number of carboxylic acids is 1. The van der Waals surface area contributed by atoms with E-state index in [0.717, 1.165) is 5.46 Å². The molecule has 1 saturated heterocycles. The molecule has 2 rings (SSSR count). The summed E-state index contributed by atoms with van der Waals surface area (Å²) in [6.07, 6.45) is 0. The van der Waals surface area contributed by atoms with Gasteiger partial charge < -0.3 is 14.4 Å². The topological polar surface area (TPSA) is 55.8 Å². The van der Waals surface area contributed by atoms with E-state index in [4.69, 9.17) is 14.4 Å². The molecule has 15 heavy (non-hydrogen) atoms. The van der Waals surface area contributed by atoms with Gasteiger partial charge in [-0.05, 0) is 23.7 Å². The maximum atomic E-state index is 10.8. The van der Waals surface area contributed by atoms with Crippen molar-refractivity contribution in [3.8, 4) is 0 Å². The van der Waals surface area contributed by atoms with Crippen LogP contribution in [0.4, 0.5) is 0 Å². The number of benzene rings is 1. The minimum atomic E-state index is -0.962. The molecular formula is C9H8BBrO4. The lowest BCUT2D eigenvalue weighted by molar-refractivity contribution is 0.0697. The van der Waals surface area contributed by atoms with E-state index in [1.54, 1.807) is 18.2 Å². The van der Waals surface area contributed by atoms with E-state index >= 15 is 0 Å². The summed E-state index contributed by atoms with van der Waals surface area (Å²) in [7, 11) is -0.444. The summed E-state index contributed by atoms with van der Waals surface area (Å²) in [5.41, 5.74) is 0.942. The van der Waals surface area contributed by atoms with Crippen molar-refractivity contribution in [3.05, 3.63) is 28.2 Å². The van der Waals surface area contributed by atoms with Crippen LogP contribution in [0.3, 0.4) is 0 Å². The SMILES string of the molecule is O=C(O)c1cc(Br)cc(B2OCCO2)c1. The zero-order valence-electron chi connectivity index (χ0n) is 7.77. The van der Waals surface area contributed by atoms with Gasteiger partial charge in [-0.15, -0.1) is 0 Å². The fourth-order valence-corrected chi connectivity index (χ4v) is 1.93. The van der Waals surface area contributed by atoms with Crippen molar-refractivity contribution in [3.63, 3.8) is 0 Å². The molecular weight excluding hydrogens is 263 g/mol. The van der Waals surface area contributed by atoms with E-state index in [1.807, 2.05) is 0 Å². The van der Waals surface area contributed by atoms with Gasteiger partial charge in [-0.1, -0.05) is 15.9 Å². The summed E-state index contributed by atoms with van der Waals surface area (Å²) < 4.78 is 11.3. The molecule has 0 amide bonds. The van der Waals surface area contributed by atoms with Gasteiger partial charge in [0.2, 0.25) is 0 Å². The third-order valence-corrected chi connectivity index (χ3v) is 2.52. The van der Waals surface area contributed by atoms with Crippen LogP contribution < -0.4 is 5.46 Å². The summed E-state index contributed by atoms with van der Waals surface area (Å²) in [6, 6.07) is 4.90. The smallest absolute Gasteiger partial charge is 0.478 e. The normalized spacial score (nSPS) is 15.7. The van der Waals surface area contributed by atoms with Crippen molar-refractivity contribution in [2.45, 2.75) is 0 Å². The van der Waals surface area contributed by atoms with E-state index in [-0.39, 0.29) is 5.56 Å². The molecule has 78 valence electrons. The first-order chi connectivity index (χ1) is 7.16. The maximum absolute atomic E-state index is 10.8. The first kappa shape index (κ1) is 10.7. The lowest BCUT2D eigenvalue weighted by atomic mass is 9.79. The van der Waals surface area contributed by atoms with Crippen LogP contribution in [0.2, 0.25) is 0 Å². The van der Waals surface area contributed by atoms with Gasteiger partial charge in [-0.25, -0.2) is 4.79 Å². The maximum Gasteiger partial charge on any atom is 0.494 e. The summed E-state index contributed by atoms with van der Waals surface area (Å²) in [6.45, 7) is 1.08. The highest BCUT2D eigenvalue weighted by Gasteiger charge is 2.27. The molecule has 0 spiro atoms. The van der Waals surface area contributed by atoms with Crippen molar-refractivity contribution in [1.82, 2.24) is 0 Å². The first-order valence-corrected chi connectivity index (χ1v) is 5.23. The molecule has 1 aromatic carbocycles. The number of carbonyl (C=O) groups is 1. The number of rotatable bonds is 2. The third-order valence-electron chi connectivity index (χ3n) is 2.06. The fraction of sp³-hybridized carbons (Fsp3) is 0.222. The van der Waals surface area contributed by atoms with Crippen LogP contribution in [0, 0.1) is 0 Å². The standard InChI is InChI=1S/C9H8BBrO4/c11-8-4-6(9(12)13)3-7(5-8)10-14-1-2-15-10/h3-5H,1-2H2,(H,12,13). The first-order valence-electron chi connectivity index (χ1n) is 4.44. The van der Waals surface area contributed by atoms with Crippen LogP contribution in [-0.4, -0.2) is 31.4 Å². The summed E-state index contributed by atoms with van der Waals surface area (Å²) >= 11 is 3.25. The van der Waals surface area contributed by atoms with Gasteiger partial charge in [0, 0.05) is 4.47 Å². The molecule has 0 aromatic heterocycles. The van der Waals surface area contributed by atoms with E-state index in [0.29, 0.717) is 17.7 Å². The zero-order chi connectivity index (χ0) is 10.8. The van der Waals surface area contributed by atoms with E-state index in [9.17, 15) is 4.79 Å². The number of halogens is 1. The van der Waals surface area contributed by atoms with E-state index in [2.05, 4.69) is 15.9 Å². The summed E-state index contributed by atoms with van der Waals surface area (Å²) in [5, 5.41) is 8.87. The molecule has 6 heteroatoms. The third kappa shape index (κ3) is 2.39. The number of hydrogen-bond donors (Lipinski definition) is 1. The van der Waals surface area contributed by atoms with Crippen LogP contribution in [0.1, 0.15) is 10.4 Å². The molecule has 0 saturated carbocycles. The second kappa shape index (κ2) is 4.34. The average Bonchev–Trinajstić information content (AvgIpc) is 2.69. The Morgan fingerprint density at radius 1 is 1.33 bits per heavy atom. The minimum absolute atomic E-state index is 0.221. The molecule has 1 N–H and O–H groups in total. The van der Waals surface area contributed by atoms with Gasteiger partial charge in [0.1, 0.15) is 0 Å². The van der Waals surface area contributed by atoms with Gasteiger partial charge in [-0.2, -0.15) is 0 Å². The number of hydrogen-bond acceptors (Lipinski definition) is 3. The van der Waals surface area contributed by atoms with Crippen LogP contribution in [0.5, 0.6) is 0 Å². The number of carboxylic acid groups (broad SMARTS) is 1. The Bertz CT molecular complexity index is 390. The molecule has 1 aliphatic heterocycles. The highest BCUT2D eigenvalue weighted by molar-refractivity contribution is 9.10.